The van der Waals surface area contributed by atoms with Crippen molar-refractivity contribution in [1.29, 1.82) is 0 Å². The Kier molecular flexibility index (Phi) is 3.76. The highest BCUT2D eigenvalue weighted by atomic mass is 16.5. The molecule has 0 spiro atoms. The fourth-order valence-corrected chi connectivity index (χ4v) is 3.37. The third-order valence-corrected chi connectivity index (χ3v) is 4.54. The quantitative estimate of drug-likeness (QED) is 0.812. The molecule has 0 bridgehead atoms. The molecule has 2 aliphatic rings. The maximum absolute atomic E-state index is 5.73. The summed E-state index contributed by atoms with van der Waals surface area (Å²) >= 11 is 0. The first kappa shape index (κ1) is 12.9. The van der Waals surface area contributed by atoms with Crippen LogP contribution in [0.2, 0.25) is 0 Å². The topological polar surface area (TPSA) is 15.7 Å². The fourth-order valence-electron chi connectivity index (χ4n) is 3.37. The molecule has 1 aromatic rings. The molecule has 1 atom stereocenters. The highest BCUT2D eigenvalue weighted by Crippen LogP contribution is 2.38. The molecule has 0 saturated carbocycles. The highest BCUT2D eigenvalue weighted by molar-refractivity contribution is 5.59. The lowest BCUT2D eigenvalue weighted by Gasteiger charge is -2.37. The van der Waals surface area contributed by atoms with Crippen molar-refractivity contribution in [1.82, 2.24) is 4.90 Å². The third-order valence-electron chi connectivity index (χ3n) is 4.54. The van der Waals surface area contributed by atoms with Crippen molar-refractivity contribution in [2.75, 3.05) is 45.2 Å². The molecule has 1 saturated heterocycles. The first-order chi connectivity index (χ1) is 9.29. The van der Waals surface area contributed by atoms with Crippen molar-refractivity contribution < 1.29 is 4.74 Å². The molecular weight excluding hydrogens is 236 g/mol. The van der Waals surface area contributed by atoms with Gasteiger partial charge in [-0.25, -0.2) is 0 Å². The first-order valence-corrected chi connectivity index (χ1v) is 7.37. The number of piperazine rings is 1. The summed E-state index contributed by atoms with van der Waals surface area (Å²) in [4.78, 5) is 4.94. The molecule has 1 heterocycles. The van der Waals surface area contributed by atoms with E-state index in [9.17, 15) is 0 Å². The van der Waals surface area contributed by atoms with E-state index in [0.29, 0.717) is 6.10 Å². The Morgan fingerprint density at radius 3 is 2.68 bits per heavy atom. The Bertz CT molecular complexity index is 438. The summed E-state index contributed by atoms with van der Waals surface area (Å²) in [5.41, 5.74) is 4.37. The van der Waals surface area contributed by atoms with E-state index in [4.69, 9.17) is 4.74 Å². The average Bonchev–Trinajstić information content (AvgIpc) is 2.47. The number of fused-ring (bicyclic) bond motifs is 1. The molecule has 1 unspecified atom stereocenters. The van der Waals surface area contributed by atoms with Gasteiger partial charge in [-0.15, -0.1) is 0 Å². The molecule has 3 nitrogen and oxygen atoms in total. The van der Waals surface area contributed by atoms with Gasteiger partial charge in [-0.2, -0.15) is 0 Å². The smallest absolute Gasteiger partial charge is 0.0843 e. The Morgan fingerprint density at radius 2 is 1.95 bits per heavy atom. The lowest BCUT2D eigenvalue weighted by Crippen LogP contribution is -2.45. The molecule has 19 heavy (non-hydrogen) atoms. The predicted molar refractivity (Wildman–Crippen MR) is 78.8 cm³/mol. The number of likely N-dealkylation sites (N-methyl/N-ethyl adjacent to an activating group) is 1. The van der Waals surface area contributed by atoms with Gasteiger partial charge in [0, 0.05) is 44.5 Å². The van der Waals surface area contributed by atoms with Crippen LogP contribution in [0.5, 0.6) is 0 Å². The van der Waals surface area contributed by atoms with Crippen LogP contribution in [0, 0.1) is 0 Å². The van der Waals surface area contributed by atoms with Crippen molar-refractivity contribution in [3.05, 3.63) is 29.3 Å². The second-order valence-corrected chi connectivity index (χ2v) is 5.76. The second-order valence-electron chi connectivity index (χ2n) is 5.76. The average molecular weight is 260 g/mol. The number of aryl methyl sites for hydroxylation is 1. The molecule has 0 aromatic heterocycles. The molecule has 1 aliphatic heterocycles. The molecule has 104 valence electrons. The largest absolute Gasteiger partial charge is 0.377 e. The Labute approximate surface area is 116 Å². The second kappa shape index (κ2) is 5.51. The molecular formula is C16H24N2O. The minimum Gasteiger partial charge on any atom is -0.377 e. The summed E-state index contributed by atoms with van der Waals surface area (Å²) < 4.78 is 5.73. The fraction of sp³-hybridized carbons (Fsp3) is 0.625. The lowest BCUT2D eigenvalue weighted by molar-refractivity contribution is 0.0883. The molecule has 3 heteroatoms. The van der Waals surface area contributed by atoms with Crippen LogP contribution in [0.3, 0.4) is 0 Å². The van der Waals surface area contributed by atoms with Gasteiger partial charge in [0.15, 0.2) is 0 Å². The zero-order chi connectivity index (χ0) is 13.2. The number of rotatable bonds is 2. The zero-order valence-electron chi connectivity index (χ0n) is 12.1. The van der Waals surface area contributed by atoms with E-state index in [-0.39, 0.29) is 0 Å². The lowest BCUT2D eigenvalue weighted by atomic mass is 9.87. The van der Waals surface area contributed by atoms with Crippen LogP contribution in [0.15, 0.2) is 18.2 Å². The zero-order valence-corrected chi connectivity index (χ0v) is 12.1. The van der Waals surface area contributed by atoms with Gasteiger partial charge >= 0.3 is 0 Å². The molecule has 0 radical (unpaired) electrons. The van der Waals surface area contributed by atoms with Crippen LogP contribution in [-0.4, -0.2) is 45.2 Å². The van der Waals surface area contributed by atoms with Gasteiger partial charge < -0.3 is 14.5 Å². The number of nitrogens with zero attached hydrogens (tertiary/aromatic N) is 2. The van der Waals surface area contributed by atoms with Crippen LogP contribution >= 0.6 is 0 Å². The minimum atomic E-state index is 0.291. The van der Waals surface area contributed by atoms with Crippen LogP contribution in [0.1, 0.15) is 30.1 Å². The standard InChI is InChI=1S/C16H24N2O/c1-17-9-11-18(12-10-17)14-7-3-5-13-6-4-8-15(19-2)16(13)14/h3,5,7,15H,4,6,8-12H2,1-2H3. The summed E-state index contributed by atoms with van der Waals surface area (Å²) in [5, 5.41) is 0. The van der Waals surface area contributed by atoms with E-state index in [1.807, 2.05) is 7.11 Å². The van der Waals surface area contributed by atoms with E-state index in [1.54, 1.807) is 0 Å². The Hall–Kier alpha value is -1.06. The van der Waals surface area contributed by atoms with Crippen LogP contribution in [0.4, 0.5) is 5.69 Å². The molecule has 3 rings (SSSR count). The summed E-state index contributed by atoms with van der Waals surface area (Å²) in [6.07, 6.45) is 3.91. The van der Waals surface area contributed by atoms with Crippen molar-refractivity contribution in [3.8, 4) is 0 Å². The van der Waals surface area contributed by atoms with Crippen LogP contribution < -0.4 is 4.90 Å². The summed E-state index contributed by atoms with van der Waals surface area (Å²) in [5.74, 6) is 0. The summed E-state index contributed by atoms with van der Waals surface area (Å²) in [7, 11) is 4.05. The van der Waals surface area contributed by atoms with Crippen molar-refractivity contribution in [2.24, 2.45) is 0 Å². The Balaban J connectivity index is 1.93. The highest BCUT2D eigenvalue weighted by Gasteiger charge is 2.26. The molecule has 1 aromatic carbocycles. The van der Waals surface area contributed by atoms with Gasteiger partial charge in [0.05, 0.1) is 6.10 Å². The van der Waals surface area contributed by atoms with Gasteiger partial charge in [0.25, 0.3) is 0 Å². The van der Waals surface area contributed by atoms with E-state index < -0.39 is 0 Å². The monoisotopic (exact) mass is 260 g/mol. The predicted octanol–water partition coefficient (Wildman–Crippen LogP) is 2.46. The number of hydrogen-bond donors (Lipinski definition) is 0. The maximum atomic E-state index is 5.73. The summed E-state index contributed by atoms with van der Waals surface area (Å²) in [6, 6.07) is 6.77. The van der Waals surface area contributed by atoms with E-state index in [1.165, 1.54) is 29.7 Å². The van der Waals surface area contributed by atoms with Gasteiger partial charge in [-0.1, -0.05) is 12.1 Å². The molecule has 1 aliphatic carbocycles. The van der Waals surface area contributed by atoms with E-state index in [2.05, 4.69) is 35.0 Å². The van der Waals surface area contributed by atoms with Crippen molar-refractivity contribution in [3.63, 3.8) is 0 Å². The third kappa shape index (κ3) is 2.49. The number of hydrogen-bond acceptors (Lipinski definition) is 3. The first-order valence-electron chi connectivity index (χ1n) is 7.37. The van der Waals surface area contributed by atoms with Crippen LogP contribution in [0.25, 0.3) is 0 Å². The number of methoxy groups -OCH3 is 1. The normalized spacial score (nSPS) is 24.3. The number of benzene rings is 1. The van der Waals surface area contributed by atoms with Gasteiger partial charge in [-0.3, -0.25) is 0 Å². The van der Waals surface area contributed by atoms with Gasteiger partial charge in [0.1, 0.15) is 0 Å². The van der Waals surface area contributed by atoms with Gasteiger partial charge in [-0.05, 0) is 37.9 Å². The Morgan fingerprint density at radius 1 is 1.16 bits per heavy atom. The molecule has 0 amide bonds. The van der Waals surface area contributed by atoms with E-state index >= 15 is 0 Å². The van der Waals surface area contributed by atoms with Crippen LogP contribution in [-0.2, 0) is 11.2 Å². The molecule has 1 fully saturated rings. The van der Waals surface area contributed by atoms with Crippen molar-refractivity contribution in [2.45, 2.75) is 25.4 Å². The number of ether oxygens (including phenoxy) is 1. The van der Waals surface area contributed by atoms with Crippen molar-refractivity contribution >= 4 is 5.69 Å². The van der Waals surface area contributed by atoms with E-state index in [0.717, 1.165) is 32.6 Å². The number of anilines is 1. The maximum Gasteiger partial charge on any atom is 0.0843 e. The summed E-state index contributed by atoms with van der Waals surface area (Å²) in [6.45, 7) is 4.56. The SMILES string of the molecule is COC1CCCc2cccc(N3CCN(C)CC3)c21. The van der Waals surface area contributed by atoms with Gasteiger partial charge in [0.2, 0.25) is 0 Å². The minimum absolute atomic E-state index is 0.291. The molecule has 0 N–H and O–H groups in total.